The van der Waals surface area contributed by atoms with Crippen molar-refractivity contribution in [2.75, 3.05) is 0 Å². The van der Waals surface area contributed by atoms with Gasteiger partial charge < -0.3 is 5.73 Å². The van der Waals surface area contributed by atoms with Gasteiger partial charge in [0, 0.05) is 5.71 Å². The van der Waals surface area contributed by atoms with Crippen LogP contribution in [0.2, 0.25) is 0 Å². The van der Waals surface area contributed by atoms with Crippen LogP contribution in [0.5, 0.6) is 0 Å². The second-order valence-corrected chi connectivity index (χ2v) is 1.99. The highest BCUT2D eigenvalue weighted by Gasteiger charge is 2.14. The summed E-state index contributed by atoms with van der Waals surface area (Å²) in [5, 5.41) is 7.46. The highest BCUT2D eigenvalue weighted by molar-refractivity contribution is 6.07. The van der Waals surface area contributed by atoms with Crippen molar-refractivity contribution in [3.8, 4) is 0 Å². The van der Waals surface area contributed by atoms with Crippen LogP contribution >= 0.6 is 0 Å². The molecule has 0 fully saturated rings. The lowest BCUT2D eigenvalue weighted by molar-refractivity contribution is 1.06. The molecule has 1 aliphatic heterocycles. The molecule has 8 heavy (non-hydrogen) atoms. The molecular formula is C5H9N3. The van der Waals surface area contributed by atoms with Crippen LogP contribution in [0.15, 0.2) is 10.2 Å². The summed E-state index contributed by atoms with van der Waals surface area (Å²) >= 11 is 0. The van der Waals surface area contributed by atoms with Gasteiger partial charge in [0.2, 0.25) is 0 Å². The van der Waals surface area contributed by atoms with Crippen LogP contribution in [0.4, 0.5) is 0 Å². The summed E-state index contributed by atoms with van der Waals surface area (Å²) in [6.45, 7) is 3.92. The van der Waals surface area contributed by atoms with E-state index in [9.17, 15) is 0 Å². The van der Waals surface area contributed by atoms with E-state index >= 15 is 0 Å². The summed E-state index contributed by atoms with van der Waals surface area (Å²) in [5.74, 6) is 0.887. The molecular weight excluding hydrogens is 102 g/mol. The molecule has 1 aliphatic rings. The quantitative estimate of drug-likeness (QED) is 0.482. The van der Waals surface area contributed by atoms with E-state index in [0.29, 0.717) is 5.84 Å². The molecule has 0 radical (unpaired) electrons. The van der Waals surface area contributed by atoms with E-state index in [0.717, 1.165) is 5.71 Å². The smallest absolute Gasteiger partial charge is 0.130 e. The van der Waals surface area contributed by atoms with Crippen LogP contribution in [0.1, 0.15) is 13.8 Å². The molecule has 1 unspecified atom stereocenters. The molecule has 0 aromatic heterocycles. The Morgan fingerprint density at radius 2 is 2.12 bits per heavy atom. The van der Waals surface area contributed by atoms with E-state index in [4.69, 9.17) is 5.73 Å². The minimum atomic E-state index is 0.259. The molecule has 3 heteroatoms. The van der Waals surface area contributed by atoms with Crippen molar-refractivity contribution < 1.29 is 0 Å². The van der Waals surface area contributed by atoms with Gasteiger partial charge in [-0.2, -0.15) is 5.10 Å². The molecule has 44 valence electrons. The van der Waals surface area contributed by atoms with Gasteiger partial charge in [-0.3, -0.25) is 0 Å². The highest BCUT2D eigenvalue weighted by Crippen LogP contribution is 2.05. The third kappa shape index (κ3) is 0.598. The first kappa shape index (κ1) is 5.28. The van der Waals surface area contributed by atoms with E-state index in [-0.39, 0.29) is 5.92 Å². The van der Waals surface area contributed by atoms with Crippen LogP contribution in [-0.2, 0) is 0 Å². The Labute approximate surface area is 48.3 Å². The molecule has 0 saturated heterocycles. The standard InChI is InChI=1S/C5H9N3/c1-3-4(2)7-8-5(3)6/h3H,1-2H3,(H2,6,8). The van der Waals surface area contributed by atoms with E-state index in [1.165, 1.54) is 0 Å². The van der Waals surface area contributed by atoms with Gasteiger partial charge >= 0.3 is 0 Å². The predicted octanol–water partition coefficient (Wildman–Crippen LogP) is 0.369. The summed E-state index contributed by atoms with van der Waals surface area (Å²) in [7, 11) is 0. The topological polar surface area (TPSA) is 50.7 Å². The first-order valence-electron chi connectivity index (χ1n) is 2.59. The maximum atomic E-state index is 5.40. The number of hydrogen-bond acceptors (Lipinski definition) is 3. The van der Waals surface area contributed by atoms with Crippen LogP contribution in [0.3, 0.4) is 0 Å². The molecule has 1 rings (SSSR count). The molecule has 3 nitrogen and oxygen atoms in total. The Hall–Kier alpha value is -0.860. The van der Waals surface area contributed by atoms with Crippen LogP contribution in [-0.4, -0.2) is 11.5 Å². The fourth-order valence-electron chi connectivity index (χ4n) is 0.524. The van der Waals surface area contributed by atoms with E-state index in [1.807, 2.05) is 13.8 Å². The molecule has 1 heterocycles. The fraction of sp³-hybridized carbons (Fsp3) is 0.600. The molecule has 0 aliphatic carbocycles. The summed E-state index contributed by atoms with van der Waals surface area (Å²) in [6.07, 6.45) is 0. The minimum absolute atomic E-state index is 0.259. The summed E-state index contributed by atoms with van der Waals surface area (Å²) in [4.78, 5) is 0. The summed E-state index contributed by atoms with van der Waals surface area (Å²) in [6, 6.07) is 0. The fourth-order valence-corrected chi connectivity index (χ4v) is 0.524. The van der Waals surface area contributed by atoms with Crippen molar-refractivity contribution in [1.82, 2.24) is 0 Å². The molecule has 0 aromatic carbocycles. The monoisotopic (exact) mass is 111 g/mol. The Balaban J connectivity index is 2.75. The van der Waals surface area contributed by atoms with Crippen molar-refractivity contribution in [3.63, 3.8) is 0 Å². The van der Waals surface area contributed by atoms with Crippen molar-refractivity contribution in [2.45, 2.75) is 13.8 Å². The van der Waals surface area contributed by atoms with Crippen molar-refractivity contribution >= 4 is 11.5 Å². The largest absolute Gasteiger partial charge is 0.385 e. The minimum Gasteiger partial charge on any atom is -0.385 e. The normalized spacial score (nSPS) is 27.5. The van der Waals surface area contributed by atoms with Gasteiger partial charge in [0.25, 0.3) is 0 Å². The highest BCUT2D eigenvalue weighted by atomic mass is 15.3. The van der Waals surface area contributed by atoms with Gasteiger partial charge in [-0.1, -0.05) is 0 Å². The summed E-state index contributed by atoms with van der Waals surface area (Å²) < 4.78 is 0. The van der Waals surface area contributed by atoms with Crippen molar-refractivity contribution in [2.24, 2.45) is 21.9 Å². The van der Waals surface area contributed by atoms with Crippen LogP contribution < -0.4 is 5.73 Å². The van der Waals surface area contributed by atoms with Gasteiger partial charge in [-0.25, -0.2) is 0 Å². The predicted molar refractivity (Wildman–Crippen MR) is 33.9 cm³/mol. The van der Waals surface area contributed by atoms with Gasteiger partial charge in [0.1, 0.15) is 5.84 Å². The lowest BCUT2D eigenvalue weighted by atomic mass is 10.1. The molecule has 1 atom stereocenters. The Morgan fingerprint density at radius 1 is 1.50 bits per heavy atom. The van der Waals surface area contributed by atoms with Crippen molar-refractivity contribution in [1.29, 1.82) is 0 Å². The van der Waals surface area contributed by atoms with E-state index < -0.39 is 0 Å². The third-order valence-corrected chi connectivity index (χ3v) is 1.39. The number of amidine groups is 1. The zero-order valence-corrected chi connectivity index (χ0v) is 5.05. The average molecular weight is 111 g/mol. The number of hydrogen-bond donors (Lipinski definition) is 1. The lowest BCUT2D eigenvalue weighted by Gasteiger charge is -1.98. The number of nitrogens with two attached hydrogens (primary N) is 1. The van der Waals surface area contributed by atoms with Gasteiger partial charge in [-0.05, 0) is 13.8 Å². The Bertz CT molecular complexity index is 139. The third-order valence-electron chi connectivity index (χ3n) is 1.39. The number of rotatable bonds is 0. The second-order valence-electron chi connectivity index (χ2n) is 1.99. The zero-order chi connectivity index (χ0) is 6.15. The zero-order valence-electron chi connectivity index (χ0n) is 5.05. The van der Waals surface area contributed by atoms with Gasteiger partial charge in [0.15, 0.2) is 0 Å². The van der Waals surface area contributed by atoms with Crippen LogP contribution in [0, 0.1) is 5.92 Å². The van der Waals surface area contributed by atoms with E-state index in [1.54, 1.807) is 0 Å². The summed E-state index contributed by atoms with van der Waals surface area (Å²) in [5.41, 5.74) is 6.41. The molecule has 0 saturated carbocycles. The maximum Gasteiger partial charge on any atom is 0.130 e. The maximum absolute atomic E-state index is 5.40. The van der Waals surface area contributed by atoms with Gasteiger partial charge in [0.05, 0.1) is 5.92 Å². The molecule has 0 spiro atoms. The van der Waals surface area contributed by atoms with Crippen molar-refractivity contribution in [3.05, 3.63) is 0 Å². The molecule has 0 aromatic rings. The SMILES string of the molecule is CC1=NN=C(N)C1C. The van der Waals surface area contributed by atoms with Gasteiger partial charge in [-0.15, -0.1) is 5.10 Å². The molecule has 0 amide bonds. The Kier molecular flexibility index (Phi) is 1.04. The Morgan fingerprint density at radius 3 is 2.25 bits per heavy atom. The van der Waals surface area contributed by atoms with Crippen LogP contribution in [0.25, 0.3) is 0 Å². The molecule has 0 bridgehead atoms. The lowest BCUT2D eigenvalue weighted by Crippen LogP contribution is -2.21. The van der Waals surface area contributed by atoms with E-state index in [2.05, 4.69) is 10.2 Å². The second kappa shape index (κ2) is 1.58. The first-order chi connectivity index (χ1) is 3.72. The first-order valence-corrected chi connectivity index (χ1v) is 2.59. The average Bonchev–Trinajstić information content (AvgIpc) is 1.98. The molecule has 2 N–H and O–H groups in total. The number of nitrogens with zero attached hydrogens (tertiary/aromatic N) is 2.